The summed E-state index contributed by atoms with van der Waals surface area (Å²) in [5, 5.41) is 14.7. The highest BCUT2D eigenvalue weighted by molar-refractivity contribution is 5.84. The predicted octanol–water partition coefficient (Wildman–Crippen LogP) is 0.711. The maximum atomic E-state index is 11.5. The van der Waals surface area contributed by atoms with Crippen LogP contribution in [0.2, 0.25) is 0 Å². The largest absolute Gasteiger partial charge is 0.480 e. The van der Waals surface area contributed by atoms with Crippen molar-refractivity contribution in [2.75, 3.05) is 7.05 Å². The number of carbonyl (C=O) groups is 2. The van der Waals surface area contributed by atoms with Crippen LogP contribution in [-0.2, 0) is 15.1 Å². The Balaban J connectivity index is 3.03. The number of hydrogen-bond acceptors (Lipinski definition) is 3. The lowest BCUT2D eigenvalue weighted by Crippen LogP contribution is -2.54. The first-order chi connectivity index (χ1) is 8.41. The number of rotatable bonds is 5. The van der Waals surface area contributed by atoms with E-state index in [9.17, 15) is 14.7 Å². The van der Waals surface area contributed by atoms with Gasteiger partial charge in [-0.25, -0.2) is 4.79 Å². The van der Waals surface area contributed by atoms with Gasteiger partial charge >= 0.3 is 5.97 Å². The van der Waals surface area contributed by atoms with Gasteiger partial charge in [-0.3, -0.25) is 10.1 Å². The molecule has 98 valence electrons. The van der Waals surface area contributed by atoms with Crippen molar-refractivity contribution in [2.45, 2.75) is 25.4 Å². The van der Waals surface area contributed by atoms with Crippen molar-refractivity contribution in [2.24, 2.45) is 0 Å². The van der Waals surface area contributed by atoms with Gasteiger partial charge in [0.25, 0.3) is 0 Å². The minimum absolute atomic E-state index is 0.251. The Kier molecular flexibility index (Phi) is 4.44. The molecule has 0 heterocycles. The average Bonchev–Trinajstić information content (AvgIpc) is 2.38. The molecule has 0 aliphatic rings. The summed E-state index contributed by atoms with van der Waals surface area (Å²) in [6.07, 6.45) is 0. The molecule has 1 amide bonds. The Bertz CT molecular complexity index is 433. The fraction of sp³-hybridized carbons (Fsp3) is 0.385. The van der Waals surface area contributed by atoms with Gasteiger partial charge in [0.1, 0.15) is 5.54 Å². The SMILES string of the molecule is CNC(=O)C(C)NC(C)(C(=O)O)c1ccccc1. The van der Waals surface area contributed by atoms with Gasteiger partial charge in [-0.2, -0.15) is 0 Å². The monoisotopic (exact) mass is 250 g/mol. The van der Waals surface area contributed by atoms with Crippen LogP contribution >= 0.6 is 0 Å². The molecule has 2 atom stereocenters. The molecule has 1 rings (SSSR count). The number of amides is 1. The number of likely N-dealkylation sites (N-methyl/N-ethyl adjacent to an activating group) is 1. The molecule has 0 spiro atoms. The molecule has 0 radical (unpaired) electrons. The summed E-state index contributed by atoms with van der Waals surface area (Å²) >= 11 is 0. The average molecular weight is 250 g/mol. The maximum absolute atomic E-state index is 11.5. The Labute approximate surface area is 106 Å². The summed E-state index contributed by atoms with van der Waals surface area (Å²) in [6.45, 7) is 3.17. The Morgan fingerprint density at radius 2 is 1.83 bits per heavy atom. The Morgan fingerprint density at radius 1 is 1.28 bits per heavy atom. The zero-order valence-electron chi connectivity index (χ0n) is 10.7. The van der Waals surface area contributed by atoms with Gasteiger partial charge in [0.15, 0.2) is 0 Å². The van der Waals surface area contributed by atoms with Crippen LogP contribution in [0.15, 0.2) is 30.3 Å². The van der Waals surface area contributed by atoms with E-state index in [1.165, 1.54) is 7.05 Å². The van der Waals surface area contributed by atoms with E-state index in [1.54, 1.807) is 38.1 Å². The van der Waals surface area contributed by atoms with E-state index in [0.29, 0.717) is 5.56 Å². The molecule has 0 aliphatic heterocycles. The highest BCUT2D eigenvalue weighted by Crippen LogP contribution is 2.21. The van der Waals surface area contributed by atoms with Gasteiger partial charge in [0.2, 0.25) is 5.91 Å². The van der Waals surface area contributed by atoms with Crippen LogP contribution in [0.5, 0.6) is 0 Å². The molecule has 0 aliphatic carbocycles. The third kappa shape index (κ3) is 2.87. The standard InChI is InChI=1S/C13H18N2O3/c1-9(11(16)14-3)15-13(2,12(17)18)10-7-5-4-6-8-10/h4-9,15H,1-3H3,(H,14,16)(H,17,18). The van der Waals surface area contributed by atoms with Crippen molar-refractivity contribution in [3.8, 4) is 0 Å². The van der Waals surface area contributed by atoms with Crippen molar-refractivity contribution >= 4 is 11.9 Å². The summed E-state index contributed by atoms with van der Waals surface area (Å²) in [4.78, 5) is 23.0. The van der Waals surface area contributed by atoms with Crippen LogP contribution in [0, 0.1) is 0 Å². The van der Waals surface area contributed by atoms with E-state index in [1.807, 2.05) is 6.07 Å². The lowest BCUT2D eigenvalue weighted by atomic mass is 9.91. The highest BCUT2D eigenvalue weighted by atomic mass is 16.4. The number of carboxylic acid groups (broad SMARTS) is 1. The molecule has 2 unspecified atom stereocenters. The highest BCUT2D eigenvalue weighted by Gasteiger charge is 2.37. The Morgan fingerprint density at radius 3 is 2.28 bits per heavy atom. The summed E-state index contributed by atoms with van der Waals surface area (Å²) in [5.74, 6) is -1.28. The molecule has 0 bridgehead atoms. The lowest BCUT2D eigenvalue weighted by molar-refractivity contribution is -0.145. The van der Waals surface area contributed by atoms with E-state index in [4.69, 9.17) is 0 Å². The third-order valence-electron chi connectivity index (χ3n) is 2.92. The number of aliphatic carboxylic acids is 1. The van der Waals surface area contributed by atoms with Gasteiger partial charge in [0, 0.05) is 7.05 Å². The summed E-state index contributed by atoms with van der Waals surface area (Å²) < 4.78 is 0. The maximum Gasteiger partial charge on any atom is 0.328 e. The third-order valence-corrected chi connectivity index (χ3v) is 2.92. The van der Waals surface area contributed by atoms with E-state index in [0.717, 1.165) is 0 Å². The van der Waals surface area contributed by atoms with Gasteiger partial charge in [-0.1, -0.05) is 30.3 Å². The second kappa shape index (κ2) is 5.64. The minimum Gasteiger partial charge on any atom is -0.480 e. The normalized spacial score (nSPS) is 15.5. The number of nitrogens with one attached hydrogen (secondary N) is 2. The van der Waals surface area contributed by atoms with Gasteiger partial charge in [-0.05, 0) is 19.4 Å². The first-order valence-corrected chi connectivity index (χ1v) is 5.70. The number of benzene rings is 1. The quantitative estimate of drug-likeness (QED) is 0.719. The van der Waals surface area contributed by atoms with Crippen molar-refractivity contribution in [3.63, 3.8) is 0 Å². The van der Waals surface area contributed by atoms with Crippen LogP contribution in [0.25, 0.3) is 0 Å². The van der Waals surface area contributed by atoms with E-state index < -0.39 is 17.6 Å². The number of hydrogen-bond donors (Lipinski definition) is 3. The molecule has 18 heavy (non-hydrogen) atoms. The smallest absolute Gasteiger partial charge is 0.328 e. The van der Waals surface area contributed by atoms with E-state index in [2.05, 4.69) is 10.6 Å². The fourth-order valence-corrected chi connectivity index (χ4v) is 1.76. The molecule has 0 aromatic heterocycles. The van der Waals surface area contributed by atoms with Crippen molar-refractivity contribution in [3.05, 3.63) is 35.9 Å². The number of carboxylic acids is 1. The first-order valence-electron chi connectivity index (χ1n) is 5.70. The minimum atomic E-state index is -1.30. The molecular formula is C13H18N2O3. The van der Waals surface area contributed by atoms with Crippen molar-refractivity contribution < 1.29 is 14.7 Å². The molecular weight excluding hydrogens is 232 g/mol. The Hall–Kier alpha value is -1.88. The van der Waals surface area contributed by atoms with Crippen LogP contribution in [0.1, 0.15) is 19.4 Å². The molecule has 5 heteroatoms. The topological polar surface area (TPSA) is 78.4 Å². The summed E-state index contributed by atoms with van der Waals surface area (Å²) in [5.41, 5.74) is -0.694. The fourth-order valence-electron chi connectivity index (χ4n) is 1.76. The molecule has 1 aromatic rings. The molecule has 3 N–H and O–H groups in total. The second-order valence-corrected chi connectivity index (χ2v) is 4.28. The number of carbonyl (C=O) groups excluding carboxylic acids is 1. The molecule has 0 saturated carbocycles. The second-order valence-electron chi connectivity index (χ2n) is 4.28. The summed E-state index contributed by atoms with van der Waals surface area (Å²) in [7, 11) is 1.52. The van der Waals surface area contributed by atoms with Crippen LogP contribution in [-0.4, -0.2) is 30.1 Å². The van der Waals surface area contributed by atoms with Crippen LogP contribution < -0.4 is 10.6 Å². The molecule has 0 fully saturated rings. The zero-order chi connectivity index (χ0) is 13.8. The van der Waals surface area contributed by atoms with E-state index >= 15 is 0 Å². The van der Waals surface area contributed by atoms with Gasteiger partial charge in [0.05, 0.1) is 6.04 Å². The molecule has 0 saturated heterocycles. The summed E-state index contributed by atoms with van der Waals surface area (Å²) in [6, 6.07) is 8.19. The van der Waals surface area contributed by atoms with Crippen LogP contribution in [0.4, 0.5) is 0 Å². The zero-order valence-corrected chi connectivity index (χ0v) is 10.7. The predicted molar refractivity (Wildman–Crippen MR) is 68.1 cm³/mol. The van der Waals surface area contributed by atoms with Crippen LogP contribution in [0.3, 0.4) is 0 Å². The van der Waals surface area contributed by atoms with E-state index in [-0.39, 0.29) is 5.91 Å². The van der Waals surface area contributed by atoms with Gasteiger partial charge in [-0.15, -0.1) is 0 Å². The molecule has 5 nitrogen and oxygen atoms in total. The first kappa shape index (κ1) is 14.2. The molecule has 1 aromatic carbocycles. The van der Waals surface area contributed by atoms with Crippen molar-refractivity contribution in [1.82, 2.24) is 10.6 Å². The van der Waals surface area contributed by atoms with Crippen molar-refractivity contribution in [1.29, 1.82) is 0 Å². The van der Waals surface area contributed by atoms with Gasteiger partial charge < -0.3 is 10.4 Å². The lowest BCUT2D eigenvalue weighted by Gasteiger charge is -2.29.